The zero-order valence-electron chi connectivity index (χ0n) is 7.14. The minimum atomic E-state index is 0.689. The van der Waals surface area contributed by atoms with Crippen molar-refractivity contribution in [3.8, 4) is 0 Å². The third kappa shape index (κ3) is 1.43. The quantitative estimate of drug-likeness (QED) is 0.591. The highest BCUT2D eigenvalue weighted by atomic mass is 32.2. The van der Waals surface area contributed by atoms with E-state index in [0.29, 0.717) is 4.75 Å². The largest absolute Gasteiger partial charge is 0.381 e. The molecule has 0 saturated carbocycles. The van der Waals surface area contributed by atoms with Gasteiger partial charge in [-0.2, -0.15) is 11.8 Å². The standard InChI is InChI=1S/C9H16OS/c1-2-3-8-6-10-5-4-9(8)7-11-9/h8H,2-7H2,1H3. The predicted molar refractivity (Wildman–Crippen MR) is 49.0 cm³/mol. The van der Waals surface area contributed by atoms with Gasteiger partial charge in [-0.15, -0.1) is 0 Å². The minimum absolute atomic E-state index is 0.689. The van der Waals surface area contributed by atoms with Gasteiger partial charge in [-0.1, -0.05) is 13.3 Å². The molecule has 0 bridgehead atoms. The Balaban J connectivity index is 1.93. The molecule has 1 nitrogen and oxygen atoms in total. The first-order chi connectivity index (χ1) is 5.37. The molecule has 0 aromatic carbocycles. The highest BCUT2D eigenvalue weighted by molar-refractivity contribution is 8.07. The van der Waals surface area contributed by atoms with Crippen molar-refractivity contribution in [2.24, 2.45) is 5.92 Å². The summed E-state index contributed by atoms with van der Waals surface area (Å²) in [5.74, 6) is 2.27. The van der Waals surface area contributed by atoms with Crippen molar-refractivity contribution in [1.29, 1.82) is 0 Å². The summed E-state index contributed by atoms with van der Waals surface area (Å²) < 4.78 is 6.19. The van der Waals surface area contributed by atoms with Gasteiger partial charge in [0.2, 0.25) is 0 Å². The van der Waals surface area contributed by atoms with E-state index in [1.165, 1.54) is 25.0 Å². The molecular formula is C9H16OS. The maximum Gasteiger partial charge on any atom is 0.0507 e. The SMILES string of the molecule is CCCC1COCCC12CS2. The maximum absolute atomic E-state index is 5.50. The van der Waals surface area contributed by atoms with Gasteiger partial charge < -0.3 is 4.74 Å². The molecule has 0 N–H and O–H groups in total. The van der Waals surface area contributed by atoms with Crippen molar-refractivity contribution < 1.29 is 4.74 Å². The molecule has 0 aromatic rings. The van der Waals surface area contributed by atoms with E-state index in [2.05, 4.69) is 18.7 Å². The van der Waals surface area contributed by atoms with Crippen LogP contribution in [0.5, 0.6) is 0 Å². The fourth-order valence-corrected chi connectivity index (χ4v) is 3.21. The summed E-state index contributed by atoms with van der Waals surface area (Å²) in [6.45, 7) is 4.31. The first-order valence-electron chi connectivity index (χ1n) is 4.59. The van der Waals surface area contributed by atoms with Crippen LogP contribution in [0.15, 0.2) is 0 Å². The van der Waals surface area contributed by atoms with E-state index in [1.54, 1.807) is 0 Å². The Morgan fingerprint density at radius 2 is 2.45 bits per heavy atom. The van der Waals surface area contributed by atoms with Crippen LogP contribution >= 0.6 is 11.8 Å². The molecule has 2 aliphatic heterocycles. The number of rotatable bonds is 2. The van der Waals surface area contributed by atoms with Gasteiger partial charge in [0.25, 0.3) is 0 Å². The molecule has 0 aromatic heterocycles. The average Bonchev–Trinajstić information content (AvgIpc) is 2.77. The number of thioether (sulfide) groups is 1. The lowest BCUT2D eigenvalue weighted by Gasteiger charge is -2.30. The Morgan fingerprint density at radius 1 is 1.64 bits per heavy atom. The van der Waals surface area contributed by atoms with E-state index in [-0.39, 0.29) is 0 Å². The van der Waals surface area contributed by atoms with Crippen LogP contribution < -0.4 is 0 Å². The van der Waals surface area contributed by atoms with E-state index < -0.39 is 0 Å². The normalized spacial score (nSPS) is 42.8. The molecule has 64 valence electrons. The first-order valence-corrected chi connectivity index (χ1v) is 5.58. The predicted octanol–water partition coefficient (Wildman–Crippen LogP) is 2.31. The van der Waals surface area contributed by atoms with Gasteiger partial charge in [0.15, 0.2) is 0 Å². The molecule has 1 spiro atoms. The lowest BCUT2D eigenvalue weighted by molar-refractivity contribution is 0.0402. The highest BCUT2D eigenvalue weighted by Gasteiger charge is 2.51. The molecule has 2 aliphatic rings. The molecule has 2 saturated heterocycles. The summed E-state index contributed by atoms with van der Waals surface area (Å²) in [4.78, 5) is 0. The Labute approximate surface area is 72.9 Å². The van der Waals surface area contributed by atoms with Crippen molar-refractivity contribution in [2.45, 2.75) is 30.9 Å². The lowest BCUT2D eigenvalue weighted by Crippen LogP contribution is -2.33. The van der Waals surface area contributed by atoms with Crippen molar-refractivity contribution in [3.05, 3.63) is 0 Å². The van der Waals surface area contributed by atoms with E-state index >= 15 is 0 Å². The molecule has 11 heavy (non-hydrogen) atoms. The van der Waals surface area contributed by atoms with Crippen LogP contribution in [0.3, 0.4) is 0 Å². The zero-order chi connectivity index (χ0) is 7.73. The Bertz CT molecular complexity index is 140. The summed E-state index contributed by atoms with van der Waals surface area (Å²) in [7, 11) is 0. The van der Waals surface area contributed by atoms with E-state index in [1.807, 2.05) is 0 Å². The molecule has 2 fully saturated rings. The molecule has 2 unspecified atom stereocenters. The molecule has 2 rings (SSSR count). The van der Waals surface area contributed by atoms with Gasteiger partial charge in [0, 0.05) is 17.1 Å². The fraction of sp³-hybridized carbons (Fsp3) is 1.00. The smallest absolute Gasteiger partial charge is 0.0507 e. The Kier molecular flexibility index (Phi) is 2.15. The van der Waals surface area contributed by atoms with Crippen LogP contribution in [0, 0.1) is 5.92 Å². The van der Waals surface area contributed by atoms with Gasteiger partial charge in [-0.3, -0.25) is 0 Å². The van der Waals surface area contributed by atoms with E-state index in [4.69, 9.17) is 4.74 Å². The van der Waals surface area contributed by atoms with Crippen LogP contribution in [0.2, 0.25) is 0 Å². The molecule has 0 aliphatic carbocycles. The zero-order valence-corrected chi connectivity index (χ0v) is 7.95. The van der Waals surface area contributed by atoms with Gasteiger partial charge in [0.1, 0.15) is 0 Å². The van der Waals surface area contributed by atoms with Crippen molar-refractivity contribution in [2.75, 3.05) is 19.0 Å². The maximum atomic E-state index is 5.50. The van der Waals surface area contributed by atoms with E-state index in [9.17, 15) is 0 Å². The van der Waals surface area contributed by atoms with Gasteiger partial charge in [0.05, 0.1) is 6.61 Å². The number of hydrogen-bond acceptors (Lipinski definition) is 2. The van der Waals surface area contributed by atoms with Crippen molar-refractivity contribution in [3.63, 3.8) is 0 Å². The first kappa shape index (κ1) is 7.93. The molecule has 2 heteroatoms. The molecule has 0 radical (unpaired) electrons. The highest BCUT2D eigenvalue weighted by Crippen LogP contribution is 2.55. The van der Waals surface area contributed by atoms with Crippen LogP contribution in [0.4, 0.5) is 0 Å². The van der Waals surface area contributed by atoms with Crippen molar-refractivity contribution in [1.82, 2.24) is 0 Å². The monoisotopic (exact) mass is 172 g/mol. The topological polar surface area (TPSA) is 9.23 Å². The van der Waals surface area contributed by atoms with E-state index in [0.717, 1.165) is 19.1 Å². The molecule has 2 atom stereocenters. The second-order valence-corrected chi connectivity index (χ2v) is 5.05. The van der Waals surface area contributed by atoms with Crippen LogP contribution in [0.25, 0.3) is 0 Å². The van der Waals surface area contributed by atoms with Crippen molar-refractivity contribution >= 4 is 11.8 Å². The second kappa shape index (κ2) is 2.98. The van der Waals surface area contributed by atoms with Gasteiger partial charge in [-0.25, -0.2) is 0 Å². The second-order valence-electron chi connectivity index (χ2n) is 3.66. The number of hydrogen-bond donors (Lipinski definition) is 0. The Morgan fingerprint density at radius 3 is 3.09 bits per heavy atom. The van der Waals surface area contributed by atoms with Crippen LogP contribution in [-0.2, 0) is 4.74 Å². The number of ether oxygens (including phenoxy) is 1. The van der Waals surface area contributed by atoms with Crippen LogP contribution in [0.1, 0.15) is 26.2 Å². The lowest BCUT2D eigenvalue weighted by atomic mass is 9.87. The van der Waals surface area contributed by atoms with Crippen LogP contribution in [-0.4, -0.2) is 23.7 Å². The Hall–Kier alpha value is 0.310. The summed E-state index contributed by atoms with van der Waals surface area (Å²) in [6, 6.07) is 0. The third-order valence-corrected chi connectivity index (χ3v) is 4.45. The third-order valence-electron chi connectivity index (χ3n) is 2.88. The fourth-order valence-electron chi connectivity index (χ4n) is 1.99. The van der Waals surface area contributed by atoms with Gasteiger partial charge in [-0.05, 0) is 18.8 Å². The summed E-state index contributed by atoms with van der Waals surface area (Å²) >= 11 is 2.16. The molecule has 0 amide bonds. The molecule has 2 heterocycles. The summed E-state index contributed by atoms with van der Waals surface area (Å²) in [6.07, 6.45) is 3.99. The summed E-state index contributed by atoms with van der Waals surface area (Å²) in [5, 5.41) is 0. The average molecular weight is 172 g/mol. The minimum Gasteiger partial charge on any atom is -0.381 e. The summed E-state index contributed by atoms with van der Waals surface area (Å²) in [5.41, 5.74) is 0. The van der Waals surface area contributed by atoms with Gasteiger partial charge >= 0.3 is 0 Å². The molecular weight excluding hydrogens is 156 g/mol.